The summed E-state index contributed by atoms with van der Waals surface area (Å²) in [6.45, 7) is 2.71. The smallest absolute Gasteiger partial charge is 0.112 e. The van der Waals surface area contributed by atoms with E-state index in [1.165, 1.54) is 0 Å². The Labute approximate surface area is 68.7 Å². The Bertz CT molecular complexity index is 100. The number of hydrogen-bond acceptors (Lipinski definition) is 2. The van der Waals surface area contributed by atoms with E-state index in [4.69, 9.17) is 4.74 Å². The number of rotatable bonds is 3. The van der Waals surface area contributed by atoms with Gasteiger partial charge in [0.15, 0.2) is 0 Å². The van der Waals surface area contributed by atoms with Gasteiger partial charge in [-0.25, -0.2) is 5.32 Å². The fourth-order valence-electron chi connectivity index (χ4n) is 1.17. The average molecular weight is 157 g/mol. The minimum atomic E-state index is 0.454. The van der Waals surface area contributed by atoms with Crippen LogP contribution in [0.3, 0.4) is 0 Å². The van der Waals surface area contributed by atoms with E-state index in [2.05, 4.69) is 24.3 Å². The molecule has 0 amide bonds. The van der Waals surface area contributed by atoms with Gasteiger partial charge in [0.05, 0.1) is 6.10 Å². The molecule has 1 radical (unpaired) electrons. The third kappa shape index (κ3) is 3.70. The SMILES string of the molecule is CN(C)CCC1CC[N]CO1. The Morgan fingerprint density at radius 2 is 2.36 bits per heavy atom. The Hall–Kier alpha value is -0.120. The Morgan fingerprint density at radius 1 is 1.55 bits per heavy atom. The van der Waals surface area contributed by atoms with Crippen molar-refractivity contribution >= 4 is 0 Å². The van der Waals surface area contributed by atoms with Gasteiger partial charge in [0.25, 0.3) is 0 Å². The van der Waals surface area contributed by atoms with Crippen LogP contribution in [0.25, 0.3) is 0 Å². The van der Waals surface area contributed by atoms with Gasteiger partial charge in [0.2, 0.25) is 0 Å². The van der Waals surface area contributed by atoms with Crippen LogP contribution in [0, 0.1) is 0 Å². The molecule has 0 bridgehead atoms. The van der Waals surface area contributed by atoms with Gasteiger partial charge in [-0.1, -0.05) is 0 Å². The Kier molecular flexibility index (Phi) is 3.83. The lowest BCUT2D eigenvalue weighted by atomic mass is 10.1. The normalized spacial score (nSPS) is 25.9. The molecular weight excluding hydrogens is 140 g/mol. The fourth-order valence-corrected chi connectivity index (χ4v) is 1.17. The second kappa shape index (κ2) is 4.70. The summed E-state index contributed by atoms with van der Waals surface area (Å²) in [7, 11) is 4.18. The molecule has 1 saturated heterocycles. The molecule has 1 heterocycles. The van der Waals surface area contributed by atoms with Crippen molar-refractivity contribution in [2.24, 2.45) is 0 Å². The van der Waals surface area contributed by atoms with E-state index in [0.29, 0.717) is 12.8 Å². The third-order valence-electron chi connectivity index (χ3n) is 1.91. The van der Waals surface area contributed by atoms with Gasteiger partial charge in [0.1, 0.15) is 6.73 Å². The van der Waals surface area contributed by atoms with Gasteiger partial charge in [-0.05, 0) is 33.5 Å². The lowest BCUT2D eigenvalue weighted by Gasteiger charge is -2.23. The summed E-state index contributed by atoms with van der Waals surface area (Å²) < 4.78 is 5.44. The van der Waals surface area contributed by atoms with E-state index >= 15 is 0 Å². The summed E-state index contributed by atoms with van der Waals surface area (Å²) in [5.74, 6) is 0. The topological polar surface area (TPSA) is 26.6 Å². The second-order valence-corrected chi connectivity index (χ2v) is 3.25. The highest BCUT2D eigenvalue weighted by atomic mass is 16.5. The maximum absolute atomic E-state index is 5.44. The van der Waals surface area contributed by atoms with Crippen molar-refractivity contribution in [3.8, 4) is 0 Å². The van der Waals surface area contributed by atoms with Crippen molar-refractivity contribution < 1.29 is 4.74 Å². The third-order valence-corrected chi connectivity index (χ3v) is 1.91. The van der Waals surface area contributed by atoms with Gasteiger partial charge in [-0.2, -0.15) is 0 Å². The van der Waals surface area contributed by atoms with E-state index in [0.717, 1.165) is 25.9 Å². The van der Waals surface area contributed by atoms with E-state index in [-0.39, 0.29) is 0 Å². The molecule has 0 aromatic carbocycles. The first-order chi connectivity index (χ1) is 5.29. The summed E-state index contributed by atoms with van der Waals surface area (Å²) in [4.78, 5) is 2.19. The molecule has 0 aliphatic carbocycles. The average Bonchev–Trinajstić information content (AvgIpc) is 2.03. The molecule has 3 nitrogen and oxygen atoms in total. The lowest BCUT2D eigenvalue weighted by Crippen LogP contribution is -2.31. The molecule has 65 valence electrons. The molecule has 0 aromatic rings. The molecular formula is C8H17N2O. The maximum Gasteiger partial charge on any atom is 0.112 e. The van der Waals surface area contributed by atoms with Crippen molar-refractivity contribution in [1.29, 1.82) is 0 Å². The minimum absolute atomic E-state index is 0.454. The van der Waals surface area contributed by atoms with Crippen molar-refractivity contribution in [3.63, 3.8) is 0 Å². The van der Waals surface area contributed by atoms with Crippen LogP contribution in [0.1, 0.15) is 12.8 Å². The predicted molar refractivity (Wildman–Crippen MR) is 44.5 cm³/mol. The monoisotopic (exact) mass is 157 g/mol. The van der Waals surface area contributed by atoms with Crippen LogP contribution in [0.5, 0.6) is 0 Å². The fraction of sp³-hybridized carbons (Fsp3) is 1.00. The van der Waals surface area contributed by atoms with Crippen molar-refractivity contribution in [3.05, 3.63) is 0 Å². The molecule has 0 spiro atoms. The molecule has 0 saturated carbocycles. The highest BCUT2D eigenvalue weighted by Gasteiger charge is 2.13. The maximum atomic E-state index is 5.44. The highest BCUT2D eigenvalue weighted by molar-refractivity contribution is 4.64. The van der Waals surface area contributed by atoms with Gasteiger partial charge in [-0.3, -0.25) is 0 Å². The molecule has 1 aliphatic heterocycles. The summed E-state index contributed by atoms with van der Waals surface area (Å²) in [6.07, 6.45) is 2.70. The Balaban J connectivity index is 2.05. The molecule has 3 heteroatoms. The largest absolute Gasteiger partial charge is 0.361 e. The van der Waals surface area contributed by atoms with Crippen molar-refractivity contribution in [2.45, 2.75) is 18.9 Å². The van der Waals surface area contributed by atoms with Crippen LogP contribution in [0.2, 0.25) is 0 Å². The van der Waals surface area contributed by atoms with Gasteiger partial charge in [-0.15, -0.1) is 0 Å². The Morgan fingerprint density at radius 3 is 2.91 bits per heavy atom. The quantitative estimate of drug-likeness (QED) is 0.588. The van der Waals surface area contributed by atoms with Crippen LogP contribution in [0.15, 0.2) is 0 Å². The van der Waals surface area contributed by atoms with Crippen molar-refractivity contribution in [2.75, 3.05) is 33.9 Å². The van der Waals surface area contributed by atoms with Crippen LogP contribution in [-0.4, -0.2) is 44.9 Å². The molecule has 1 fully saturated rings. The van der Waals surface area contributed by atoms with Crippen LogP contribution >= 0.6 is 0 Å². The summed E-state index contributed by atoms with van der Waals surface area (Å²) in [5.41, 5.74) is 0. The number of ether oxygens (including phenoxy) is 1. The molecule has 11 heavy (non-hydrogen) atoms. The molecule has 1 rings (SSSR count). The molecule has 1 unspecified atom stereocenters. The van der Waals surface area contributed by atoms with E-state index < -0.39 is 0 Å². The van der Waals surface area contributed by atoms with Crippen LogP contribution < -0.4 is 5.32 Å². The molecule has 0 aromatic heterocycles. The van der Waals surface area contributed by atoms with Crippen LogP contribution in [-0.2, 0) is 4.74 Å². The molecule has 1 aliphatic rings. The first-order valence-electron chi connectivity index (χ1n) is 4.18. The van der Waals surface area contributed by atoms with Gasteiger partial charge in [0, 0.05) is 6.54 Å². The first-order valence-corrected chi connectivity index (χ1v) is 4.18. The zero-order chi connectivity index (χ0) is 8.10. The van der Waals surface area contributed by atoms with E-state index in [9.17, 15) is 0 Å². The summed E-state index contributed by atoms with van der Waals surface area (Å²) in [5, 5.41) is 4.12. The summed E-state index contributed by atoms with van der Waals surface area (Å²) in [6, 6.07) is 0. The van der Waals surface area contributed by atoms with Crippen molar-refractivity contribution in [1.82, 2.24) is 10.2 Å². The lowest BCUT2D eigenvalue weighted by molar-refractivity contribution is -0.00262. The molecule has 0 N–H and O–H groups in total. The van der Waals surface area contributed by atoms with Gasteiger partial charge >= 0.3 is 0 Å². The van der Waals surface area contributed by atoms with Crippen LogP contribution in [0.4, 0.5) is 0 Å². The second-order valence-electron chi connectivity index (χ2n) is 3.25. The number of hydrogen-bond donors (Lipinski definition) is 0. The van der Waals surface area contributed by atoms with E-state index in [1.807, 2.05) is 0 Å². The first kappa shape index (κ1) is 8.97. The van der Waals surface area contributed by atoms with Gasteiger partial charge < -0.3 is 9.64 Å². The summed E-state index contributed by atoms with van der Waals surface area (Å²) >= 11 is 0. The number of nitrogens with zero attached hydrogens (tertiary/aromatic N) is 2. The highest BCUT2D eigenvalue weighted by Crippen LogP contribution is 2.07. The zero-order valence-corrected chi connectivity index (χ0v) is 7.42. The minimum Gasteiger partial charge on any atom is -0.361 e. The standard InChI is InChI=1S/C8H17N2O/c1-10(2)6-4-8-3-5-9-7-11-8/h8H,3-7H2,1-2H3. The van der Waals surface area contributed by atoms with E-state index in [1.54, 1.807) is 0 Å². The predicted octanol–water partition coefficient (Wildman–Crippen LogP) is 0.289. The molecule has 1 atom stereocenters. The zero-order valence-electron chi connectivity index (χ0n) is 7.42.